The van der Waals surface area contributed by atoms with Crippen molar-refractivity contribution < 1.29 is 9.59 Å². The van der Waals surface area contributed by atoms with E-state index in [1.807, 2.05) is 50.2 Å². The molecule has 0 aromatic heterocycles. The average molecular weight is 373 g/mol. The maximum absolute atomic E-state index is 13.0. The molecule has 0 saturated carbocycles. The summed E-state index contributed by atoms with van der Waals surface area (Å²) in [7, 11) is 1.57. The van der Waals surface area contributed by atoms with Crippen LogP contribution in [0.3, 0.4) is 0 Å². The molecule has 0 bridgehead atoms. The van der Waals surface area contributed by atoms with E-state index in [9.17, 15) is 9.59 Å². The molecule has 1 atom stereocenters. The fourth-order valence-corrected chi connectivity index (χ4v) is 2.99. The summed E-state index contributed by atoms with van der Waals surface area (Å²) in [5.74, 6) is -0.310. The third-order valence-corrected chi connectivity index (χ3v) is 5.01. The molecule has 2 aromatic rings. The number of nitrogens with zero attached hydrogens (tertiary/aromatic N) is 1. The summed E-state index contributed by atoms with van der Waals surface area (Å²) in [6, 6.07) is 12.8. The van der Waals surface area contributed by atoms with Gasteiger partial charge in [-0.1, -0.05) is 48.0 Å². The summed E-state index contributed by atoms with van der Waals surface area (Å²) in [6.45, 7) is 6.09. The van der Waals surface area contributed by atoms with Crippen LogP contribution in [0.5, 0.6) is 0 Å². The van der Waals surface area contributed by atoms with Crippen molar-refractivity contribution in [2.24, 2.45) is 0 Å². The topological polar surface area (TPSA) is 49.4 Å². The van der Waals surface area contributed by atoms with Gasteiger partial charge in [-0.15, -0.1) is 0 Å². The second kappa shape index (κ2) is 8.86. The highest BCUT2D eigenvalue weighted by atomic mass is 35.5. The molecule has 5 heteroatoms. The van der Waals surface area contributed by atoms with Crippen LogP contribution in [0.25, 0.3) is 0 Å². The van der Waals surface area contributed by atoms with E-state index in [4.69, 9.17) is 11.6 Å². The van der Waals surface area contributed by atoms with Gasteiger partial charge in [-0.2, -0.15) is 0 Å². The summed E-state index contributed by atoms with van der Waals surface area (Å²) in [6.07, 6.45) is 0.243. The zero-order valence-corrected chi connectivity index (χ0v) is 16.4. The number of aryl methyl sites for hydroxylation is 2. The Hall–Kier alpha value is -2.33. The molecule has 0 spiro atoms. The van der Waals surface area contributed by atoms with E-state index in [-0.39, 0.29) is 24.8 Å². The molecule has 1 N–H and O–H groups in total. The standard InChI is InChI=1S/C21H25ClN2O2/c1-14-9-10-17(11-15(14)2)12-20(25)24(16(3)21(26)23-4)13-18-7-5-6-8-19(18)22/h5-11,16H,12-13H2,1-4H3,(H,23,26)/t16-/m1/s1. The van der Waals surface area contributed by atoms with Gasteiger partial charge in [0.2, 0.25) is 11.8 Å². The molecule has 0 unspecified atom stereocenters. The minimum atomic E-state index is -0.588. The fraction of sp³-hybridized carbons (Fsp3) is 0.333. The zero-order chi connectivity index (χ0) is 19.3. The second-order valence-corrected chi connectivity index (χ2v) is 6.91. The van der Waals surface area contributed by atoms with E-state index in [0.717, 1.165) is 16.7 Å². The number of carbonyl (C=O) groups excluding carboxylic acids is 2. The number of hydrogen-bond donors (Lipinski definition) is 1. The predicted molar refractivity (Wildman–Crippen MR) is 105 cm³/mol. The third kappa shape index (κ3) is 4.85. The first kappa shape index (κ1) is 20.0. The smallest absolute Gasteiger partial charge is 0.242 e. The molecule has 0 aliphatic rings. The maximum atomic E-state index is 13.0. The Labute approximate surface area is 160 Å². The van der Waals surface area contributed by atoms with E-state index in [1.54, 1.807) is 24.9 Å². The third-order valence-electron chi connectivity index (χ3n) is 4.64. The predicted octanol–water partition coefficient (Wildman–Crippen LogP) is 3.66. The molecule has 0 aliphatic carbocycles. The normalized spacial score (nSPS) is 11.7. The number of amides is 2. The van der Waals surface area contributed by atoms with E-state index < -0.39 is 6.04 Å². The van der Waals surface area contributed by atoms with Gasteiger partial charge >= 0.3 is 0 Å². The van der Waals surface area contributed by atoms with Gasteiger partial charge in [-0.05, 0) is 49.1 Å². The van der Waals surface area contributed by atoms with E-state index in [0.29, 0.717) is 5.02 Å². The van der Waals surface area contributed by atoms with Crippen LogP contribution < -0.4 is 5.32 Å². The van der Waals surface area contributed by atoms with Crippen LogP contribution in [-0.4, -0.2) is 29.8 Å². The molecule has 0 saturated heterocycles. The molecule has 0 radical (unpaired) electrons. The van der Waals surface area contributed by atoms with Crippen LogP contribution in [0.2, 0.25) is 5.02 Å². The van der Waals surface area contributed by atoms with Crippen molar-refractivity contribution >= 4 is 23.4 Å². The van der Waals surface area contributed by atoms with Gasteiger partial charge in [0.15, 0.2) is 0 Å². The number of benzene rings is 2. The molecule has 4 nitrogen and oxygen atoms in total. The molecule has 0 heterocycles. The van der Waals surface area contributed by atoms with Crippen molar-refractivity contribution in [2.45, 2.75) is 39.8 Å². The first-order valence-electron chi connectivity index (χ1n) is 8.64. The summed E-state index contributed by atoms with van der Waals surface area (Å²) in [4.78, 5) is 26.7. The van der Waals surface area contributed by atoms with Crippen molar-refractivity contribution in [3.63, 3.8) is 0 Å². The zero-order valence-electron chi connectivity index (χ0n) is 15.7. The Bertz CT molecular complexity index is 804. The largest absolute Gasteiger partial charge is 0.357 e. The second-order valence-electron chi connectivity index (χ2n) is 6.50. The average Bonchev–Trinajstić information content (AvgIpc) is 2.62. The molecule has 0 fully saturated rings. The van der Waals surface area contributed by atoms with E-state index in [2.05, 4.69) is 5.32 Å². The Morgan fingerprint density at radius 2 is 1.81 bits per heavy atom. The van der Waals surface area contributed by atoms with Gasteiger partial charge in [0.1, 0.15) is 6.04 Å². The molecule has 2 amide bonds. The van der Waals surface area contributed by atoms with E-state index >= 15 is 0 Å². The fourth-order valence-electron chi connectivity index (χ4n) is 2.79. The molecule has 0 aliphatic heterocycles. The summed E-state index contributed by atoms with van der Waals surface area (Å²) < 4.78 is 0. The highest BCUT2D eigenvalue weighted by Crippen LogP contribution is 2.20. The first-order chi connectivity index (χ1) is 12.3. The first-order valence-corrected chi connectivity index (χ1v) is 9.02. The summed E-state index contributed by atoms with van der Waals surface area (Å²) in [5.41, 5.74) is 4.09. The Balaban J connectivity index is 2.26. The van der Waals surface area contributed by atoms with Crippen LogP contribution in [0.15, 0.2) is 42.5 Å². The Morgan fingerprint density at radius 1 is 1.12 bits per heavy atom. The van der Waals surface area contributed by atoms with Gasteiger partial charge < -0.3 is 10.2 Å². The molecular formula is C21H25ClN2O2. The van der Waals surface area contributed by atoms with Crippen molar-refractivity contribution in [1.82, 2.24) is 10.2 Å². The van der Waals surface area contributed by atoms with Crippen LogP contribution in [-0.2, 0) is 22.6 Å². The number of likely N-dealkylation sites (N-methyl/N-ethyl adjacent to an activating group) is 1. The minimum Gasteiger partial charge on any atom is -0.357 e. The van der Waals surface area contributed by atoms with Gasteiger partial charge in [0, 0.05) is 18.6 Å². The van der Waals surface area contributed by atoms with Crippen molar-refractivity contribution in [2.75, 3.05) is 7.05 Å². The maximum Gasteiger partial charge on any atom is 0.242 e. The van der Waals surface area contributed by atoms with Gasteiger partial charge in [0.05, 0.1) is 6.42 Å². The minimum absolute atomic E-state index is 0.107. The highest BCUT2D eigenvalue weighted by molar-refractivity contribution is 6.31. The highest BCUT2D eigenvalue weighted by Gasteiger charge is 2.26. The lowest BCUT2D eigenvalue weighted by Crippen LogP contribution is -2.47. The monoisotopic (exact) mass is 372 g/mol. The van der Waals surface area contributed by atoms with Gasteiger partial charge in [0.25, 0.3) is 0 Å². The lowest BCUT2D eigenvalue weighted by Gasteiger charge is -2.29. The summed E-state index contributed by atoms with van der Waals surface area (Å²) in [5, 5.41) is 3.20. The Kier molecular flexibility index (Phi) is 6.81. The van der Waals surface area contributed by atoms with Crippen LogP contribution in [0, 0.1) is 13.8 Å². The van der Waals surface area contributed by atoms with Crippen LogP contribution in [0.1, 0.15) is 29.2 Å². The van der Waals surface area contributed by atoms with Crippen LogP contribution >= 0.6 is 11.6 Å². The number of halogens is 1. The number of carbonyl (C=O) groups is 2. The lowest BCUT2D eigenvalue weighted by molar-refractivity contribution is -0.139. The molecule has 2 aromatic carbocycles. The Morgan fingerprint density at radius 3 is 2.42 bits per heavy atom. The number of nitrogens with one attached hydrogen (secondary N) is 1. The number of rotatable bonds is 6. The molecule has 2 rings (SSSR count). The number of hydrogen-bond acceptors (Lipinski definition) is 2. The molecular weight excluding hydrogens is 348 g/mol. The van der Waals surface area contributed by atoms with Crippen LogP contribution in [0.4, 0.5) is 0 Å². The van der Waals surface area contributed by atoms with Gasteiger partial charge in [-0.3, -0.25) is 9.59 Å². The van der Waals surface area contributed by atoms with Crippen molar-refractivity contribution in [3.05, 3.63) is 69.7 Å². The quantitative estimate of drug-likeness (QED) is 0.841. The molecule has 138 valence electrons. The van der Waals surface area contributed by atoms with E-state index in [1.165, 1.54) is 5.56 Å². The van der Waals surface area contributed by atoms with Crippen molar-refractivity contribution in [1.29, 1.82) is 0 Å². The summed E-state index contributed by atoms with van der Waals surface area (Å²) >= 11 is 6.25. The molecule has 26 heavy (non-hydrogen) atoms. The SMILES string of the molecule is CNC(=O)[C@@H](C)N(Cc1ccccc1Cl)C(=O)Cc1ccc(C)c(C)c1. The lowest BCUT2D eigenvalue weighted by atomic mass is 10.0. The van der Waals surface area contributed by atoms with Gasteiger partial charge in [-0.25, -0.2) is 0 Å². The van der Waals surface area contributed by atoms with Crippen molar-refractivity contribution in [3.8, 4) is 0 Å².